The minimum atomic E-state index is 0.156. The number of nitrogens with zero attached hydrogens (tertiary/aromatic N) is 4. The predicted octanol–water partition coefficient (Wildman–Crippen LogP) is 2.88. The quantitative estimate of drug-likeness (QED) is 0.785. The van der Waals surface area contributed by atoms with Crippen molar-refractivity contribution in [2.45, 2.75) is 26.8 Å². The molecule has 0 fully saturated rings. The van der Waals surface area contributed by atoms with Gasteiger partial charge in [-0.05, 0) is 44.0 Å². The average molecular weight is 311 g/mol. The molecule has 0 saturated carbocycles. The lowest BCUT2D eigenvalue weighted by molar-refractivity contribution is 0.190. The first-order valence-corrected chi connectivity index (χ1v) is 7.62. The summed E-state index contributed by atoms with van der Waals surface area (Å²) in [6.45, 7) is 6.85. The zero-order valence-electron chi connectivity index (χ0n) is 13.9. The fourth-order valence-corrected chi connectivity index (χ4v) is 2.53. The molecule has 0 aliphatic heterocycles. The molecule has 2 aromatic heterocycles. The van der Waals surface area contributed by atoms with Crippen molar-refractivity contribution in [3.8, 4) is 5.69 Å². The topological polar surface area (TPSA) is 64.9 Å². The Kier molecular flexibility index (Phi) is 4.25. The number of fused-ring (bicyclic) bond motifs is 1. The first kappa shape index (κ1) is 15.4. The summed E-state index contributed by atoms with van der Waals surface area (Å²) < 4.78 is 7.00. The van der Waals surface area contributed by atoms with E-state index in [1.807, 2.05) is 11.6 Å². The van der Waals surface area contributed by atoms with Gasteiger partial charge in [-0.1, -0.05) is 6.07 Å². The zero-order valence-corrected chi connectivity index (χ0v) is 13.9. The molecule has 6 heteroatoms. The van der Waals surface area contributed by atoms with E-state index in [1.54, 1.807) is 19.6 Å². The fourth-order valence-electron chi connectivity index (χ4n) is 2.53. The van der Waals surface area contributed by atoms with Crippen molar-refractivity contribution in [3.05, 3.63) is 41.9 Å². The van der Waals surface area contributed by atoms with Crippen LogP contribution in [0, 0.1) is 13.8 Å². The lowest BCUT2D eigenvalue weighted by Gasteiger charge is -2.13. The molecule has 0 bridgehead atoms. The van der Waals surface area contributed by atoms with E-state index in [9.17, 15) is 0 Å². The highest BCUT2D eigenvalue weighted by molar-refractivity contribution is 5.87. The standard InChI is InChI=1S/C17H21N5O/c1-11-5-6-14(7-12(11)2)22-17-15(8-20-22)16(18-10-19-17)21-13(3)9-23-4/h5-8,10,13H,9H2,1-4H3,(H,18,19,21)/t13-/m0/s1. The molecule has 0 radical (unpaired) electrons. The second kappa shape index (κ2) is 6.34. The number of nitrogens with one attached hydrogen (secondary N) is 1. The maximum Gasteiger partial charge on any atom is 0.168 e. The maximum atomic E-state index is 5.16. The molecule has 2 heterocycles. The number of anilines is 1. The van der Waals surface area contributed by atoms with Crippen molar-refractivity contribution in [2.75, 3.05) is 19.0 Å². The number of benzene rings is 1. The summed E-state index contributed by atoms with van der Waals surface area (Å²) in [5.41, 5.74) is 4.27. The molecule has 6 nitrogen and oxygen atoms in total. The van der Waals surface area contributed by atoms with Crippen LogP contribution in [0.3, 0.4) is 0 Å². The van der Waals surface area contributed by atoms with Crippen LogP contribution in [-0.2, 0) is 4.74 Å². The molecule has 1 aromatic carbocycles. The molecule has 0 saturated heterocycles. The highest BCUT2D eigenvalue weighted by Crippen LogP contribution is 2.23. The minimum Gasteiger partial charge on any atom is -0.383 e. The van der Waals surface area contributed by atoms with Crippen LogP contribution in [0.5, 0.6) is 0 Å². The van der Waals surface area contributed by atoms with E-state index in [0.717, 1.165) is 22.5 Å². The molecule has 3 aromatic rings. The van der Waals surface area contributed by atoms with Crippen LogP contribution < -0.4 is 5.32 Å². The Hall–Kier alpha value is -2.47. The van der Waals surface area contributed by atoms with Crippen molar-refractivity contribution in [1.82, 2.24) is 19.7 Å². The van der Waals surface area contributed by atoms with Crippen LogP contribution >= 0.6 is 0 Å². The third kappa shape index (κ3) is 3.03. The minimum absolute atomic E-state index is 0.156. The van der Waals surface area contributed by atoms with Crippen LogP contribution in [0.1, 0.15) is 18.1 Å². The molecular weight excluding hydrogens is 290 g/mol. The predicted molar refractivity (Wildman–Crippen MR) is 91.1 cm³/mol. The van der Waals surface area contributed by atoms with Gasteiger partial charge in [0, 0.05) is 13.2 Å². The highest BCUT2D eigenvalue weighted by atomic mass is 16.5. The molecule has 120 valence electrons. The lowest BCUT2D eigenvalue weighted by atomic mass is 10.1. The molecule has 0 aliphatic carbocycles. The van der Waals surface area contributed by atoms with E-state index in [-0.39, 0.29) is 6.04 Å². The number of hydrogen-bond donors (Lipinski definition) is 1. The van der Waals surface area contributed by atoms with Crippen LogP contribution in [0.2, 0.25) is 0 Å². The van der Waals surface area contributed by atoms with E-state index in [1.165, 1.54) is 11.1 Å². The fraction of sp³-hybridized carbons (Fsp3) is 0.353. The molecule has 0 unspecified atom stereocenters. The molecule has 1 atom stereocenters. The first-order valence-electron chi connectivity index (χ1n) is 7.62. The van der Waals surface area contributed by atoms with Crippen molar-refractivity contribution in [2.24, 2.45) is 0 Å². The summed E-state index contributed by atoms with van der Waals surface area (Å²) in [6.07, 6.45) is 3.36. The number of ether oxygens (including phenoxy) is 1. The molecule has 0 spiro atoms. The maximum absolute atomic E-state index is 5.16. The molecule has 0 amide bonds. The van der Waals surface area contributed by atoms with Gasteiger partial charge in [-0.25, -0.2) is 14.6 Å². The van der Waals surface area contributed by atoms with Gasteiger partial charge in [0.15, 0.2) is 5.65 Å². The first-order chi connectivity index (χ1) is 11.1. The number of aromatic nitrogens is 4. The summed E-state index contributed by atoms with van der Waals surface area (Å²) in [6, 6.07) is 6.42. The number of methoxy groups -OCH3 is 1. The SMILES string of the molecule is COC[C@H](C)Nc1ncnc2c1cnn2-c1ccc(C)c(C)c1. The summed E-state index contributed by atoms with van der Waals surface area (Å²) >= 11 is 0. The highest BCUT2D eigenvalue weighted by Gasteiger charge is 2.13. The Balaban J connectivity index is 2.02. The van der Waals surface area contributed by atoms with Gasteiger partial charge in [-0.3, -0.25) is 0 Å². The molecule has 1 N–H and O–H groups in total. The van der Waals surface area contributed by atoms with E-state index in [4.69, 9.17) is 4.74 Å². The van der Waals surface area contributed by atoms with Crippen molar-refractivity contribution in [1.29, 1.82) is 0 Å². The third-order valence-electron chi connectivity index (χ3n) is 3.90. The van der Waals surface area contributed by atoms with Gasteiger partial charge in [-0.2, -0.15) is 5.10 Å². The molecular formula is C17H21N5O. The van der Waals surface area contributed by atoms with Crippen LogP contribution in [0.25, 0.3) is 16.7 Å². The Morgan fingerprint density at radius 2 is 2.04 bits per heavy atom. The third-order valence-corrected chi connectivity index (χ3v) is 3.90. The Morgan fingerprint density at radius 1 is 1.22 bits per heavy atom. The van der Waals surface area contributed by atoms with Crippen LogP contribution in [-0.4, -0.2) is 39.5 Å². The van der Waals surface area contributed by atoms with E-state index >= 15 is 0 Å². The lowest BCUT2D eigenvalue weighted by Crippen LogP contribution is -2.21. The molecule has 23 heavy (non-hydrogen) atoms. The van der Waals surface area contributed by atoms with Crippen LogP contribution in [0.4, 0.5) is 5.82 Å². The Bertz CT molecular complexity index is 827. The zero-order chi connectivity index (χ0) is 16.4. The van der Waals surface area contributed by atoms with Crippen molar-refractivity contribution in [3.63, 3.8) is 0 Å². The van der Waals surface area contributed by atoms with E-state index in [2.05, 4.69) is 52.4 Å². The van der Waals surface area contributed by atoms with Crippen molar-refractivity contribution >= 4 is 16.9 Å². The van der Waals surface area contributed by atoms with Gasteiger partial charge in [0.05, 0.1) is 23.9 Å². The molecule has 3 rings (SSSR count). The molecule has 0 aliphatic rings. The number of hydrogen-bond acceptors (Lipinski definition) is 5. The second-order valence-corrected chi connectivity index (χ2v) is 5.79. The summed E-state index contributed by atoms with van der Waals surface area (Å²) in [5, 5.41) is 8.73. The van der Waals surface area contributed by atoms with E-state index in [0.29, 0.717) is 6.61 Å². The van der Waals surface area contributed by atoms with Gasteiger partial charge in [0.2, 0.25) is 0 Å². The van der Waals surface area contributed by atoms with E-state index < -0.39 is 0 Å². The van der Waals surface area contributed by atoms with Crippen LogP contribution in [0.15, 0.2) is 30.7 Å². The Morgan fingerprint density at radius 3 is 2.78 bits per heavy atom. The monoisotopic (exact) mass is 311 g/mol. The van der Waals surface area contributed by atoms with Gasteiger partial charge in [0.25, 0.3) is 0 Å². The summed E-state index contributed by atoms with van der Waals surface area (Å²) in [7, 11) is 1.69. The van der Waals surface area contributed by atoms with Gasteiger partial charge in [0.1, 0.15) is 12.1 Å². The number of aryl methyl sites for hydroxylation is 2. The van der Waals surface area contributed by atoms with Gasteiger partial charge in [-0.15, -0.1) is 0 Å². The Labute approximate surface area is 135 Å². The van der Waals surface area contributed by atoms with Gasteiger partial charge < -0.3 is 10.1 Å². The average Bonchev–Trinajstić information content (AvgIpc) is 2.95. The second-order valence-electron chi connectivity index (χ2n) is 5.79. The summed E-state index contributed by atoms with van der Waals surface area (Å²) in [4.78, 5) is 8.74. The number of rotatable bonds is 5. The normalized spacial score (nSPS) is 12.5. The summed E-state index contributed by atoms with van der Waals surface area (Å²) in [5.74, 6) is 0.773. The van der Waals surface area contributed by atoms with Crippen molar-refractivity contribution < 1.29 is 4.74 Å². The smallest absolute Gasteiger partial charge is 0.168 e. The van der Waals surface area contributed by atoms with Gasteiger partial charge >= 0.3 is 0 Å². The largest absolute Gasteiger partial charge is 0.383 e.